The number of nitrogens with zero attached hydrogens (tertiary/aromatic N) is 5. The zero-order valence-electron chi connectivity index (χ0n) is 9.85. The molecule has 0 saturated heterocycles. The van der Waals surface area contributed by atoms with E-state index in [4.69, 9.17) is 5.26 Å². The van der Waals surface area contributed by atoms with Gasteiger partial charge in [-0.15, -0.1) is 0 Å². The second-order valence-electron chi connectivity index (χ2n) is 3.66. The Bertz CT molecular complexity index is 617. The lowest BCUT2D eigenvalue weighted by Gasteiger charge is -2.06. The van der Waals surface area contributed by atoms with E-state index in [1.54, 1.807) is 18.6 Å². The highest BCUT2D eigenvalue weighted by atomic mass is 16.6. The van der Waals surface area contributed by atoms with Crippen molar-refractivity contribution in [3.05, 3.63) is 46.7 Å². The maximum absolute atomic E-state index is 10.6. The molecule has 1 N–H and O–H groups in total. The normalized spacial score (nSPS) is 9.84. The van der Waals surface area contributed by atoms with Crippen LogP contribution in [-0.4, -0.2) is 26.0 Å². The molecule has 0 aromatic carbocycles. The quantitative estimate of drug-likeness (QED) is 0.636. The van der Waals surface area contributed by atoms with Gasteiger partial charge in [-0.1, -0.05) is 0 Å². The van der Waals surface area contributed by atoms with Gasteiger partial charge in [0, 0.05) is 31.5 Å². The molecule has 2 heterocycles. The lowest BCUT2D eigenvalue weighted by atomic mass is 10.3. The fourth-order valence-electron chi connectivity index (χ4n) is 1.51. The van der Waals surface area contributed by atoms with Crippen molar-refractivity contribution in [2.24, 2.45) is 0 Å². The number of aromatic nitrogens is 3. The molecular weight excluding hydrogens is 248 g/mol. The molecular formula is C11H10N6O2. The van der Waals surface area contributed by atoms with Crippen LogP contribution in [-0.2, 0) is 6.54 Å². The Morgan fingerprint density at radius 3 is 3.00 bits per heavy atom. The van der Waals surface area contributed by atoms with Gasteiger partial charge in [0.25, 0.3) is 0 Å². The van der Waals surface area contributed by atoms with Crippen LogP contribution in [0.2, 0.25) is 0 Å². The van der Waals surface area contributed by atoms with Gasteiger partial charge in [-0.05, 0) is 6.07 Å². The molecule has 0 unspecified atom stereocenters. The van der Waals surface area contributed by atoms with Gasteiger partial charge in [0.2, 0.25) is 5.69 Å². The molecule has 96 valence electrons. The predicted octanol–water partition coefficient (Wildman–Crippen LogP) is 1.17. The summed E-state index contributed by atoms with van der Waals surface area (Å²) in [7, 11) is 0. The van der Waals surface area contributed by atoms with E-state index >= 15 is 0 Å². The molecule has 0 spiro atoms. The van der Waals surface area contributed by atoms with Crippen molar-refractivity contribution in [3.8, 4) is 6.07 Å². The fourth-order valence-corrected chi connectivity index (χ4v) is 1.51. The molecule has 2 aromatic rings. The maximum Gasteiger partial charge on any atom is 0.305 e. The van der Waals surface area contributed by atoms with Crippen LogP contribution >= 0.6 is 0 Å². The first-order valence-electron chi connectivity index (χ1n) is 5.46. The van der Waals surface area contributed by atoms with E-state index in [2.05, 4.69) is 15.3 Å². The Kier molecular flexibility index (Phi) is 3.68. The van der Waals surface area contributed by atoms with Crippen LogP contribution in [0, 0.1) is 21.4 Å². The molecule has 0 radical (unpaired) electrons. The smallest absolute Gasteiger partial charge is 0.305 e. The Hall–Kier alpha value is -2.95. The van der Waals surface area contributed by atoms with E-state index in [0.29, 0.717) is 18.9 Å². The first kappa shape index (κ1) is 12.5. The van der Waals surface area contributed by atoms with Crippen molar-refractivity contribution in [2.75, 3.05) is 11.9 Å². The van der Waals surface area contributed by atoms with Crippen LogP contribution in [0.4, 0.5) is 11.5 Å². The van der Waals surface area contributed by atoms with Crippen LogP contribution in [0.3, 0.4) is 0 Å². The summed E-state index contributed by atoms with van der Waals surface area (Å²) in [5.74, 6) is 0.433. The average molecular weight is 258 g/mol. The average Bonchev–Trinajstić information content (AvgIpc) is 2.91. The van der Waals surface area contributed by atoms with E-state index in [1.165, 1.54) is 12.1 Å². The number of imidazole rings is 1. The third-order valence-electron chi connectivity index (χ3n) is 2.41. The molecule has 8 heteroatoms. The molecule has 19 heavy (non-hydrogen) atoms. The van der Waals surface area contributed by atoms with Crippen LogP contribution in [0.15, 0.2) is 30.9 Å². The van der Waals surface area contributed by atoms with Gasteiger partial charge >= 0.3 is 5.69 Å². The zero-order chi connectivity index (χ0) is 13.7. The number of nitrogens with one attached hydrogen (secondary N) is 1. The monoisotopic (exact) mass is 258 g/mol. The zero-order valence-corrected chi connectivity index (χ0v) is 9.85. The highest BCUT2D eigenvalue weighted by Gasteiger charge is 2.15. The van der Waals surface area contributed by atoms with E-state index in [1.807, 2.05) is 10.8 Å². The highest BCUT2D eigenvalue weighted by molar-refractivity contribution is 5.50. The van der Waals surface area contributed by atoms with Gasteiger partial charge in [-0.25, -0.2) is 9.97 Å². The van der Waals surface area contributed by atoms with Crippen molar-refractivity contribution in [3.63, 3.8) is 0 Å². The second-order valence-corrected chi connectivity index (χ2v) is 3.66. The van der Waals surface area contributed by atoms with E-state index in [9.17, 15) is 10.1 Å². The SMILES string of the molecule is N#Cc1nc(NCCn2ccnc2)ccc1[N+](=O)[O-]. The standard InChI is InChI=1S/C11H10N6O2/c12-7-9-10(17(18)19)1-2-11(15-9)14-4-6-16-5-3-13-8-16/h1-3,5,8H,4,6H2,(H,14,15). The first-order valence-corrected chi connectivity index (χ1v) is 5.46. The summed E-state index contributed by atoms with van der Waals surface area (Å²) in [6, 6.07) is 4.46. The molecule has 0 atom stereocenters. The highest BCUT2D eigenvalue weighted by Crippen LogP contribution is 2.17. The lowest BCUT2D eigenvalue weighted by Crippen LogP contribution is -2.10. The Morgan fingerprint density at radius 1 is 1.53 bits per heavy atom. The van der Waals surface area contributed by atoms with Crippen LogP contribution in [0.25, 0.3) is 0 Å². The first-order chi connectivity index (χ1) is 9.20. The summed E-state index contributed by atoms with van der Waals surface area (Å²) >= 11 is 0. The molecule has 0 saturated carbocycles. The molecule has 2 aromatic heterocycles. The topological polar surface area (TPSA) is 110 Å². The number of hydrogen-bond acceptors (Lipinski definition) is 6. The van der Waals surface area contributed by atoms with Crippen molar-refractivity contribution < 1.29 is 4.92 Å². The lowest BCUT2D eigenvalue weighted by molar-refractivity contribution is -0.385. The third kappa shape index (κ3) is 3.04. The Labute approximate surface area is 108 Å². The largest absolute Gasteiger partial charge is 0.368 e. The number of hydrogen-bond donors (Lipinski definition) is 1. The number of anilines is 1. The van der Waals surface area contributed by atoms with Crippen LogP contribution in [0.5, 0.6) is 0 Å². The van der Waals surface area contributed by atoms with Gasteiger partial charge in [-0.3, -0.25) is 10.1 Å². The van der Waals surface area contributed by atoms with Crippen molar-refractivity contribution in [2.45, 2.75) is 6.54 Å². The summed E-state index contributed by atoms with van der Waals surface area (Å²) in [5.41, 5.74) is -0.486. The fraction of sp³-hybridized carbons (Fsp3) is 0.182. The summed E-state index contributed by atoms with van der Waals surface area (Å²) < 4.78 is 1.88. The summed E-state index contributed by atoms with van der Waals surface area (Å²) in [4.78, 5) is 17.8. The molecule has 2 rings (SSSR count). The minimum Gasteiger partial charge on any atom is -0.368 e. The van der Waals surface area contributed by atoms with Gasteiger partial charge in [-0.2, -0.15) is 5.26 Å². The third-order valence-corrected chi connectivity index (χ3v) is 2.41. The van der Waals surface area contributed by atoms with Crippen LogP contribution < -0.4 is 5.32 Å². The second kappa shape index (κ2) is 5.59. The Morgan fingerprint density at radius 2 is 2.37 bits per heavy atom. The van der Waals surface area contributed by atoms with E-state index in [0.717, 1.165) is 0 Å². The van der Waals surface area contributed by atoms with Crippen LogP contribution in [0.1, 0.15) is 5.69 Å². The minimum absolute atomic E-state index is 0.197. The molecule has 0 aliphatic carbocycles. The summed E-state index contributed by atoms with van der Waals surface area (Å²) in [5, 5.41) is 22.4. The molecule has 8 nitrogen and oxygen atoms in total. The number of nitro groups is 1. The molecule has 0 amide bonds. The molecule has 0 bridgehead atoms. The summed E-state index contributed by atoms with van der Waals surface area (Å²) in [6.45, 7) is 1.26. The van der Waals surface area contributed by atoms with Crippen molar-refractivity contribution in [1.29, 1.82) is 5.26 Å². The van der Waals surface area contributed by atoms with Gasteiger partial charge < -0.3 is 9.88 Å². The molecule has 0 aliphatic heterocycles. The Balaban J connectivity index is 2.01. The molecule has 0 fully saturated rings. The number of rotatable bonds is 5. The molecule has 0 aliphatic rings. The summed E-state index contributed by atoms with van der Waals surface area (Å²) in [6.07, 6.45) is 5.19. The minimum atomic E-state index is -0.624. The maximum atomic E-state index is 10.6. The van der Waals surface area contributed by atoms with Crippen molar-refractivity contribution >= 4 is 11.5 Å². The predicted molar refractivity (Wildman–Crippen MR) is 66.3 cm³/mol. The van der Waals surface area contributed by atoms with E-state index < -0.39 is 4.92 Å². The van der Waals surface area contributed by atoms with Gasteiger partial charge in [0.15, 0.2) is 0 Å². The van der Waals surface area contributed by atoms with Gasteiger partial charge in [0.1, 0.15) is 11.9 Å². The van der Waals surface area contributed by atoms with E-state index in [-0.39, 0.29) is 11.4 Å². The van der Waals surface area contributed by atoms with Crippen molar-refractivity contribution in [1.82, 2.24) is 14.5 Å². The number of pyridine rings is 1. The number of nitriles is 1. The van der Waals surface area contributed by atoms with Gasteiger partial charge in [0.05, 0.1) is 11.3 Å².